The molecule has 1 unspecified atom stereocenters. The summed E-state index contributed by atoms with van der Waals surface area (Å²) >= 11 is 0. The lowest BCUT2D eigenvalue weighted by Crippen LogP contribution is -2.27. The highest BCUT2D eigenvalue weighted by atomic mass is 16.3. The van der Waals surface area contributed by atoms with Crippen LogP contribution in [0.5, 0.6) is 0 Å². The van der Waals surface area contributed by atoms with Crippen molar-refractivity contribution in [1.29, 1.82) is 0 Å². The molecule has 92 valence electrons. The van der Waals surface area contributed by atoms with E-state index in [4.69, 9.17) is 10.2 Å². The van der Waals surface area contributed by atoms with Gasteiger partial charge in [-0.3, -0.25) is 0 Å². The Morgan fingerprint density at radius 2 is 2.35 bits per heavy atom. The minimum atomic E-state index is 0.534. The standard InChI is InChI=1S/C13H19N3O/c1-10(7-14)8-15-5-4-11-2-3-12-13(6-11)17-9-16-12/h2-3,6,9-10,15H,4-5,7-8,14H2,1H3. The summed E-state index contributed by atoms with van der Waals surface area (Å²) in [6.45, 7) is 4.82. The maximum Gasteiger partial charge on any atom is 0.181 e. The van der Waals surface area contributed by atoms with Gasteiger partial charge in [-0.05, 0) is 49.7 Å². The fraction of sp³-hybridized carbons (Fsp3) is 0.462. The summed E-state index contributed by atoms with van der Waals surface area (Å²) in [7, 11) is 0. The summed E-state index contributed by atoms with van der Waals surface area (Å²) in [6, 6.07) is 6.14. The quantitative estimate of drug-likeness (QED) is 0.743. The van der Waals surface area contributed by atoms with Gasteiger partial charge in [0.1, 0.15) is 5.52 Å². The number of nitrogens with one attached hydrogen (secondary N) is 1. The molecule has 0 aliphatic carbocycles. The summed E-state index contributed by atoms with van der Waals surface area (Å²) in [5, 5.41) is 3.40. The lowest BCUT2D eigenvalue weighted by molar-refractivity contribution is 0.524. The lowest BCUT2D eigenvalue weighted by Gasteiger charge is -2.09. The van der Waals surface area contributed by atoms with Crippen molar-refractivity contribution < 1.29 is 4.42 Å². The van der Waals surface area contributed by atoms with Crippen molar-refractivity contribution in [3.63, 3.8) is 0 Å². The van der Waals surface area contributed by atoms with E-state index in [1.165, 1.54) is 12.0 Å². The van der Waals surface area contributed by atoms with E-state index in [1.807, 2.05) is 6.07 Å². The van der Waals surface area contributed by atoms with Crippen LogP contribution in [0.2, 0.25) is 0 Å². The number of nitrogens with zero attached hydrogens (tertiary/aromatic N) is 1. The van der Waals surface area contributed by atoms with E-state index in [2.05, 4.69) is 29.4 Å². The van der Waals surface area contributed by atoms with Crippen LogP contribution in [0.3, 0.4) is 0 Å². The predicted octanol–water partition coefficient (Wildman–Crippen LogP) is 1.55. The van der Waals surface area contributed by atoms with Crippen LogP contribution in [-0.4, -0.2) is 24.6 Å². The zero-order chi connectivity index (χ0) is 12.1. The van der Waals surface area contributed by atoms with Crippen molar-refractivity contribution in [2.45, 2.75) is 13.3 Å². The maximum absolute atomic E-state index is 5.56. The molecule has 1 heterocycles. The van der Waals surface area contributed by atoms with E-state index in [9.17, 15) is 0 Å². The number of rotatable bonds is 6. The summed E-state index contributed by atoms with van der Waals surface area (Å²) in [4.78, 5) is 4.09. The fourth-order valence-electron chi connectivity index (χ4n) is 1.72. The van der Waals surface area contributed by atoms with Gasteiger partial charge in [0.15, 0.2) is 12.0 Å². The number of hydrogen-bond donors (Lipinski definition) is 2. The Hall–Kier alpha value is -1.39. The third kappa shape index (κ3) is 3.28. The Balaban J connectivity index is 1.82. The Kier molecular flexibility index (Phi) is 4.12. The summed E-state index contributed by atoms with van der Waals surface area (Å²) < 4.78 is 5.27. The summed E-state index contributed by atoms with van der Waals surface area (Å²) in [6.07, 6.45) is 2.48. The minimum absolute atomic E-state index is 0.534. The van der Waals surface area contributed by atoms with Crippen LogP contribution in [0.15, 0.2) is 29.0 Å². The Bertz CT molecular complexity index is 466. The first-order valence-corrected chi connectivity index (χ1v) is 6.02. The van der Waals surface area contributed by atoms with Crippen LogP contribution in [0.25, 0.3) is 11.1 Å². The monoisotopic (exact) mass is 233 g/mol. The highest BCUT2D eigenvalue weighted by molar-refractivity contribution is 5.72. The van der Waals surface area contributed by atoms with Gasteiger partial charge < -0.3 is 15.5 Å². The highest BCUT2D eigenvalue weighted by Gasteiger charge is 2.01. The van der Waals surface area contributed by atoms with E-state index in [-0.39, 0.29) is 0 Å². The second kappa shape index (κ2) is 5.80. The van der Waals surface area contributed by atoms with Gasteiger partial charge in [-0.25, -0.2) is 4.98 Å². The first-order valence-electron chi connectivity index (χ1n) is 6.02. The van der Waals surface area contributed by atoms with Gasteiger partial charge in [-0.1, -0.05) is 13.0 Å². The van der Waals surface area contributed by atoms with Crippen molar-refractivity contribution in [1.82, 2.24) is 10.3 Å². The number of nitrogens with two attached hydrogens (primary N) is 1. The van der Waals surface area contributed by atoms with Crippen molar-refractivity contribution in [3.8, 4) is 0 Å². The predicted molar refractivity (Wildman–Crippen MR) is 68.8 cm³/mol. The number of benzene rings is 1. The maximum atomic E-state index is 5.56. The molecule has 4 nitrogen and oxygen atoms in total. The average Bonchev–Trinajstić information content (AvgIpc) is 2.81. The van der Waals surface area contributed by atoms with Crippen LogP contribution in [-0.2, 0) is 6.42 Å². The molecule has 3 N–H and O–H groups in total. The third-order valence-corrected chi connectivity index (χ3v) is 2.88. The molecule has 0 amide bonds. The van der Waals surface area contributed by atoms with Gasteiger partial charge in [0.2, 0.25) is 0 Å². The molecule has 4 heteroatoms. The SMILES string of the molecule is CC(CN)CNCCc1ccc2ncoc2c1. The van der Waals surface area contributed by atoms with Gasteiger partial charge in [0.05, 0.1) is 0 Å². The van der Waals surface area contributed by atoms with E-state index in [0.29, 0.717) is 5.92 Å². The van der Waals surface area contributed by atoms with Crippen LogP contribution in [0.1, 0.15) is 12.5 Å². The van der Waals surface area contributed by atoms with Gasteiger partial charge in [-0.15, -0.1) is 0 Å². The molecule has 0 bridgehead atoms. The average molecular weight is 233 g/mol. The first kappa shape index (κ1) is 12.1. The number of aromatic nitrogens is 1. The van der Waals surface area contributed by atoms with Crippen molar-refractivity contribution in [3.05, 3.63) is 30.2 Å². The summed E-state index contributed by atoms with van der Waals surface area (Å²) in [5.74, 6) is 0.534. The van der Waals surface area contributed by atoms with Crippen LogP contribution < -0.4 is 11.1 Å². The molecule has 2 aromatic rings. The molecular weight excluding hydrogens is 214 g/mol. The van der Waals surface area contributed by atoms with Crippen molar-refractivity contribution >= 4 is 11.1 Å². The smallest absolute Gasteiger partial charge is 0.181 e. The van der Waals surface area contributed by atoms with E-state index < -0.39 is 0 Å². The van der Waals surface area contributed by atoms with Gasteiger partial charge in [0.25, 0.3) is 0 Å². The topological polar surface area (TPSA) is 64.1 Å². The molecule has 0 saturated carbocycles. The molecule has 0 saturated heterocycles. The van der Waals surface area contributed by atoms with E-state index in [1.54, 1.807) is 0 Å². The number of oxazole rings is 1. The van der Waals surface area contributed by atoms with Gasteiger partial charge >= 0.3 is 0 Å². The largest absolute Gasteiger partial charge is 0.443 e. The Morgan fingerprint density at radius 3 is 3.18 bits per heavy atom. The molecule has 1 atom stereocenters. The first-order chi connectivity index (χ1) is 8.29. The van der Waals surface area contributed by atoms with Crippen LogP contribution in [0.4, 0.5) is 0 Å². The Labute approximate surface area is 101 Å². The third-order valence-electron chi connectivity index (χ3n) is 2.88. The molecule has 17 heavy (non-hydrogen) atoms. The lowest BCUT2D eigenvalue weighted by atomic mass is 10.1. The second-order valence-electron chi connectivity index (χ2n) is 4.45. The van der Waals surface area contributed by atoms with E-state index >= 15 is 0 Å². The zero-order valence-electron chi connectivity index (χ0n) is 10.1. The molecule has 2 rings (SSSR count). The Morgan fingerprint density at radius 1 is 1.47 bits per heavy atom. The number of hydrogen-bond acceptors (Lipinski definition) is 4. The molecular formula is C13H19N3O. The molecule has 0 radical (unpaired) electrons. The van der Waals surface area contributed by atoms with Crippen molar-refractivity contribution in [2.24, 2.45) is 11.7 Å². The van der Waals surface area contributed by atoms with Crippen LogP contribution in [0, 0.1) is 5.92 Å². The van der Waals surface area contributed by atoms with Crippen LogP contribution >= 0.6 is 0 Å². The molecule has 0 spiro atoms. The molecule has 0 aliphatic rings. The highest BCUT2D eigenvalue weighted by Crippen LogP contribution is 2.14. The second-order valence-corrected chi connectivity index (χ2v) is 4.45. The summed E-state index contributed by atoms with van der Waals surface area (Å²) in [5.41, 5.74) is 8.60. The molecule has 0 aliphatic heterocycles. The van der Waals surface area contributed by atoms with Crippen molar-refractivity contribution in [2.75, 3.05) is 19.6 Å². The zero-order valence-corrected chi connectivity index (χ0v) is 10.1. The fourth-order valence-corrected chi connectivity index (χ4v) is 1.72. The van der Waals surface area contributed by atoms with E-state index in [0.717, 1.165) is 37.2 Å². The minimum Gasteiger partial charge on any atom is -0.443 e. The molecule has 1 aromatic heterocycles. The normalized spacial score (nSPS) is 13.1. The van der Waals surface area contributed by atoms with Gasteiger partial charge in [0, 0.05) is 0 Å². The van der Waals surface area contributed by atoms with Gasteiger partial charge in [-0.2, -0.15) is 0 Å². The number of fused-ring (bicyclic) bond motifs is 1. The molecule has 1 aromatic carbocycles. The molecule has 0 fully saturated rings.